The molecule has 2 rings (SSSR count). The monoisotopic (exact) mass is 399 g/mol. The van der Waals surface area contributed by atoms with E-state index < -0.39 is 0 Å². The van der Waals surface area contributed by atoms with Gasteiger partial charge in [-0.3, -0.25) is 4.98 Å². The Kier molecular flexibility index (Phi) is 4.97. The maximum absolute atomic E-state index is 8.63. The van der Waals surface area contributed by atoms with Gasteiger partial charge in [-0.15, -0.1) is 0 Å². The van der Waals surface area contributed by atoms with Crippen molar-refractivity contribution in [1.82, 2.24) is 4.98 Å². The van der Waals surface area contributed by atoms with Crippen molar-refractivity contribution < 1.29 is 9.94 Å². The molecule has 1 aromatic heterocycles. The summed E-state index contributed by atoms with van der Waals surface area (Å²) in [4.78, 5) is 4.01. The highest BCUT2D eigenvalue weighted by Gasteiger charge is 2.05. The number of nitrogens with zero attached hydrogens (tertiary/aromatic N) is 2. The zero-order valence-electron chi connectivity index (χ0n) is 10.3. The molecule has 0 saturated carbocycles. The smallest absolute Gasteiger partial charge is 0.188 e. The van der Waals surface area contributed by atoms with Gasteiger partial charge in [-0.05, 0) is 51.8 Å². The summed E-state index contributed by atoms with van der Waals surface area (Å²) in [6.45, 7) is 0.356. The normalized spacial score (nSPS) is 11.4. The topological polar surface area (TPSA) is 80.7 Å². The molecule has 0 radical (unpaired) electrons. The first-order valence-corrected chi connectivity index (χ1v) is 7.19. The number of rotatable bonds is 4. The molecule has 0 aliphatic heterocycles. The summed E-state index contributed by atoms with van der Waals surface area (Å²) in [5.41, 5.74) is 6.77. The third kappa shape index (κ3) is 3.71. The number of hydrogen-bond donors (Lipinski definition) is 2. The van der Waals surface area contributed by atoms with Crippen molar-refractivity contribution in [3.8, 4) is 5.75 Å². The maximum Gasteiger partial charge on any atom is 0.188 e. The van der Waals surface area contributed by atoms with Gasteiger partial charge in [-0.25, -0.2) is 0 Å². The van der Waals surface area contributed by atoms with Crippen LogP contribution < -0.4 is 10.5 Å². The fraction of sp³-hybridized carbons (Fsp3) is 0.0769. The Bertz CT molecular complexity index is 647. The van der Waals surface area contributed by atoms with E-state index in [0.29, 0.717) is 12.3 Å². The number of benzene rings is 1. The highest BCUT2D eigenvalue weighted by molar-refractivity contribution is 9.11. The van der Waals surface area contributed by atoms with Crippen molar-refractivity contribution in [2.24, 2.45) is 10.9 Å². The first kappa shape index (κ1) is 14.8. The predicted molar refractivity (Wildman–Crippen MR) is 82.9 cm³/mol. The van der Waals surface area contributed by atoms with Crippen LogP contribution in [-0.4, -0.2) is 16.0 Å². The van der Waals surface area contributed by atoms with Crippen LogP contribution in [0.1, 0.15) is 11.3 Å². The molecule has 104 valence electrons. The molecule has 0 atom stereocenters. The summed E-state index contributed by atoms with van der Waals surface area (Å²) in [6, 6.07) is 9.18. The molecule has 0 unspecified atom stereocenters. The molecule has 20 heavy (non-hydrogen) atoms. The molecule has 0 bridgehead atoms. The van der Waals surface area contributed by atoms with Gasteiger partial charge in [-0.2, -0.15) is 0 Å². The van der Waals surface area contributed by atoms with Crippen LogP contribution in [-0.2, 0) is 6.61 Å². The second-order valence-electron chi connectivity index (χ2n) is 3.90. The molecule has 1 aromatic carbocycles. The van der Waals surface area contributed by atoms with Crippen molar-refractivity contribution >= 4 is 37.7 Å². The lowest BCUT2D eigenvalue weighted by Gasteiger charge is -2.09. The van der Waals surface area contributed by atoms with E-state index in [9.17, 15) is 0 Å². The fourth-order valence-corrected chi connectivity index (χ4v) is 2.67. The highest BCUT2D eigenvalue weighted by Crippen LogP contribution is 2.28. The minimum atomic E-state index is -0.0309. The van der Waals surface area contributed by atoms with E-state index >= 15 is 0 Å². The average Bonchev–Trinajstić information content (AvgIpc) is 2.46. The van der Waals surface area contributed by atoms with Crippen molar-refractivity contribution in [2.75, 3.05) is 0 Å². The molecule has 3 N–H and O–H groups in total. The van der Waals surface area contributed by atoms with E-state index in [1.165, 1.54) is 0 Å². The summed E-state index contributed by atoms with van der Waals surface area (Å²) in [6.07, 6.45) is 1.59. The van der Waals surface area contributed by atoms with Crippen LogP contribution in [0.3, 0.4) is 0 Å². The summed E-state index contributed by atoms with van der Waals surface area (Å²) in [5, 5.41) is 11.6. The van der Waals surface area contributed by atoms with Gasteiger partial charge >= 0.3 is 0 Å². The van der Waals surface area contributed by atoms with Gasteiger partial charge in [-0.1, -0.05) is 21.1 Å². The number of hydrogen-bond acceptors (Lipinski definition) is 4. The van der Waals surface area contributed by atoms with E-state index in [4.69, 9.17) is 15.7 Å². The van der Waals surface area contributed by atoms with Crippen molar-refractivity contribution in [1.29, 1.82) is 0 Å². The van der Waals surface area contributed by atoms with Gasteiger partial charge in [0.05, 0.1) is 4.47 Å². The van der Waals surface area contributed by atoms with Crippen LogP contribution in [0, 0.1) is 0 Å². The molecule has 5 nitrogen and oxygen atoms in total. The van der Waals surface area contributed by atoms with Crippen LogP contribution in [0.4, 0.5) is 0 Å². The van der Waals surface area contributed by atoms with Crippen LogP contribution in [0.5, 0.6) is 5.75 Å². The Labute approximate surface area is 132 Å². The molecule has 7 heteroatoms. The molecule has 0 aliphatic carbocycles. The lowest BCUT2D eigenvalue weighted by Crippen LogP contribution is -2.15. The molecular formula is C13H11Br2N3O2. The Hall–Kier alpha value is -1.60. The summed E-state index contributed by atoms with van der Waals surface area (Å²) < 4.78 is 7.53. The Morgan fingerprint density at radius 2 is 2.10 bits per heavy atom. The first-order chi connectivity index (χ1) is 9.60. The van der Waals surface area contributed by atoms with Gasteiger partial charge < -0.3 is 15.7 Å². The zero-order valence-corrected chi connectivity index (χ0v) is 13.4. The Balaban J connectivity index is 2.11. The van der Waals surface area contributed by atoms with Gasteiger partial charge in [0.2, 0.25) is 0 Å². The van der Waals surface area contributed by atoms with Crippen molar-refractivity contribution in [2.45, 2.75) is 6.61 Å². The summed E-state index contributed by atoms with van der Waals surface area (Å²) in [5.74, 6) is 0.701. The fourth-order valence-electron chi connectivity index (χ4n) is 1.51. The standard InChI is InChI=1S/C13H11Br2N3O2/c14-9-1-2-12(10(15)6-9)20-7-8-3-4-17-11(5-8)13(16)18-19/h1-6,19H,7H2,(H2,16,18). The number of ether oxygens (including phenoxy) is 1. The largest absolute Gasteiger partial charge is 0.488 e. The lowest BCUT2D eigenvalue weighted by atomic mass is 10.2. The molecule has 0 amide bonds. The van der Waals surface area contributed by atoms with Crippen LogP contribution in [0.2, 0.25) is 0 Å². The van der Waals surface area contributed by atoms with Crippen LogP contribution in [0.25, 0.3) is 0 Å². The maximum atomic E-state index is 8.63. The van der Waals surface area contributed by atoms with Gasteiger partial charge in [0, 0.05) is 10.7 Å². The molecule has 0 aliphatic rings. The molecular weight excluding hydrogens is 390 g/mol. The highest BCUT2D eigenvalue weighted by atomic mass is 79.9. The lowest BCUT2D eigenvalue weighted by molar-refractivity contribution is 0.304. The summed E-state index contributed by atoms with van der Waals surface area (Å²) >= 11 is 6.81. The number of pyridine rings is 1. The quantitative estimate of drug-likeness (QED) is 0.357. The van der Waals surface area contributed by atoms with E-state index in [0.717, 1.165) is 20.3 Å². The molecule has 0 spiro atoms. The van der Waals surface area contributed by atoms with E-state index in [1.807, 2.05) is 18.2 Å². The first-order valence-electron chi connectivity index (χ1n) is 5.61. The zero-order chi connectivity index (χ0) is 14.5. The minimum Gasteiger partial charge on any atom is -0.488 e. The second kappa shape index (κ2) is 6.71. The average molecular weight is 401 g/mol. The predicted octanol–water partition coefficient (Wildman–Crippen LogP) is 3.28. The number of oxime groups is 1. The Morgan fingerprint density at radius 1 is 1.30 bits per heavy atom. The van der Waals surface area contributed by atoms with Gasteiger partial charge in [0.15, 0.2) is 5.84 Å². The number of amidine groups is 1. The SMILES string of the molecule is NC(=NO)c1cc(COc2ccc(Br)cc2Br)ccn1. The number of aromatic nitrogens is 1. The van der Waals surface area contributed by atoms with Crippen molar-refractivity contribution in [3.63, 3.8) is 0 Å². The molecule has 2 aromatic rings. The summed E-state index contributed by atoms with van der Waals surface area (Å²) in [7, 11) is 0. The molecule has 0 saturated heterocycles. The van der Waals surface area contributed by atoms with Gasteiger partial charge in [0.25, 0.3) is 0 Å². The van der Waals surface area contributed by atoms with Crippen LogP contribution in [0.15, 0.2) is 50.6 Å². The second-order valence-corrected chi connectivity index (χ2v) is 5.67. The van der Waals surface area contributed by atoms with Crippen LogP contribution >= 0.6 is 31.9 Å². The third-order valence-corrected chi connectivity index (χ3v) is 3.60. The van der Waals surface area contributed by atoms with Gasteiger partial charge in [0.1, 0.15) is 18.1 Å². The number of halogens is 2. The molecule has 0 fully saturated rings. The van der Waals surface area contributed by atoms with E-state index in [-0.39, 0.29) is 5.84 Å². The van der Waals surface area contributed by atoms with E-state index in [1.54, 1.807) is 18.3 Å². The minimum absolute atomic E-state index is 0.0309. The number of nitrogens with two attached hydrogens (primary N) is 1. The van der Waals surface area contributed by atoms with Crippen molar-refractivity contribution in [3.05, 3.63) is 56.7 Å². The molecule has 1 heterocycles. The Morgan fingerprint density at radius 3 is 2.80 bits per heavy atom. The third-order valence-electron chi connectivity index (χ3n) is 2.48. The van der Waals surface area contributed by atoms with E-state index in [2.05, 4.69) is 42.0 Å².